The maximum Gasteiger partial charge on any atom is 0.263 e. The maximum atomic E-state index is 13.5. The van der Waals surface area contributed by atoms with Crippen molar-refractivity contribution in [1.29, 1.82) is 0 Å². The molecule has 3 heterocycles. The molecule has 2 aliphatic heterocycles. The number of aromatic nitrogens is 3. The molecule has 0 radical (unpaired) electrons. The number of amides is 1. The summed E-state index contributed by atoms with van der Waals surface area (Å²) in [6, 6.07) is 6.12. The highest BCUT2D eigenvalue weighted by molar-refractivity contribution is 5.81. The number of alkyl halides is 2. The molecule has 0 saturated carbocycles. The smallest absolute Gasteiger partial charge is 0.263 e. The lowest BCUT2D eigenvalue weighted by molar-refractivity contribution is -0.140. The van der Waals surface area contributed by atoms with Crippen LogP contribution in [0.5, 0.6) is 11.5 Å². The first-order chi connectivity index (χ1) is 15.5. The van der Waals surface area contributed by atoms with Gasteiger partial charge in [-0.3, -0.25) is 4.79 Å². The minimum Gasteiger partial charge on any atom is -0.497 e. The van der Waals surface area contributed by atoms with Crippen LogP contribution in [0.3, 0.4) is 0 Å². The Hall–Kier alpha value is -2.91. The minimum absolute atomic E-state index is 0.0458. The monoisotopic (exact) mass is 449 g/mol. The Morgan fingerprint density at radius 1 is 1.28 bits per heavy atom. The Kier molecular flexibility index (Phi) is 6.76. The molecule has 32 heavy (non-hydrogen) atoms. The average Bonchev–Trinajstić information content (AvgIpc) is 3.30. The number of rotatable bonds is 7. The van der Waals surface area contributed by atoms with Crippen LogP contribution in [0, 0.1) is 5.92 Å². The highest BCUT2D eigenvalue weighted by atomic mass is 19.3. The van der Waals surface area contributed by atoms with E-state index >= 15 is 0 Å². The topological polar surface area (TPSA) is 81.5 Å². The van der Waals surface area contributed by atoms with Gasteiger partial charge in [-0.1, -0.05) is 13.0 Å². The Balaban J connectivity index is 1.35. The van der Waals surface area contributed by atoms with Crippen LogP contribution in [0.15, 0.2) is 30.6 Å². The SMILES string of the molecule is CC[C@@H](Oc1cccc(OC)c1)C(=O)N1CCC([C@@H]2C[C@H](C(F)F)n3ncnc3N2)CC1. The summed E-state index contributed by atoms with van der Waals surface area (Å²) in [6.07, 6.45) is 0.546. The largest absolute Gasteiger partial charge is 0.497 e. The highest BCUT2D eigenvalue weighted by Gasteiger charge is 2.39. The lowest BCUT2D eigenvalue weighted by Crippen LogP contribution is -2.49. The van der Waals surface area contributed by atoms with Crippen molar-refractivity contribution in [2.24, 2.45) is 5.92 Å². The predicted molar refractivity (Wildman–Crippen MR) is 114 cm³/mol. The third-order valence-corrected chi connectivity index (χ3v) is 6.37. The van der Waals surface area contributed by atoms with Gasteiger partial charge in [0, 0.05) is 25.2 Å². The number of methoxy groups -OCH3 is 1. The molecular formula is C22H29F2N5O3. The van der Waals surface area contributed by atoms with Crippen LogP contribution < -0.4 is 14.8 Å². The van der Waals surface area contributed by atoms with Gasteiger partial charge < -0.3 is 19.7 Å². The molecule has 4 rings (SSSR count). The number of nitrogens with zero attached hydrogens (tertiary/aromatic N) is 4. The van der Waals surface area contributed by atoms with Crippen LogP contribution in [-0.2, 0) is 4.79 Å². The van der Waals surface area contributed by atoms with Crippen molar-refractivity contribution in [1.82, 2.24) is 19.7 Å². The zero-order chi connectivity index (χ0) is 22.7. The Bertz CT molecular complexity index is 916. The van der Waals surface area contributed by atoms with E-state index < -0.39 is 18.6 Å². The molecule has 1 aromatic heterocycles. The third-order valence-electron chi connectivity index (χ3n) is 6.37. The van der Waals surface area contributed by atoms with Crippen LogP contribution in [0.4, 0.5) is 14.7 Å². The van der Waals surface area contributed by atoms with E-state index in [4.69, 9.17) is 9.47 Å². The van der Waals surface area contributed by atoms with Crippen LogP contribution in [0.25, 0.3) is 0 Å². The molecule has 2 aromatic rings. The molecule has 0 aliphatic carbocycles. The summed E-state index contributed by atoms with van der Waals surface area (Å²) >= 11 is 0. The summed E-state index contributed by atoms with van der Waals surface area (Å²) in [5, 5.41) is 7.21. The quantitative estimate of drug-likeness (QED) is 0.698. The van der Waals surface area contributed by atoms with Crippen molar-refractivity contribution in [2.75, 3.05) is 25.5 Å². The van der Waals surface area contributed by atoms with Gasteiger partial charge >= 0.3 is 0 Å². The molecule has 3 atom stereocenters. The zero-order valence-corrected chi connectivity index (χ0v) is 18.3. The molecule has 1 N–H and O–H groups in total. The summed E-state index contributed by atoms with van der Waals surface area (Å²) in [5.41, 5.74) is 0. The second-order valence-electron chi connectivity index (χ2n) is 8.27. The van der Waals surface area contributed by atoms with E-state index in [1.807, 2.05) is 24.0 Å². The second-order valence-corrected chi connectivity index (χ2v) is 8.27. The molecule has 1 amide bonds. The highest BCUT2D eigenvalue weighted by Crippen LogP contribution is 2.35. The molecule has 10 heteroatoms. The summed E-state index contributed by atoms with van der Waals surface area (Å²) < 4.78 is 39.5. The van der Waals surface area contributed by atoms with Crippen LogP contribution in [-0.4, -0.2) is 64.3 Å². The van der Waals surface area contributed by atoms with Crippen molar-refractivity contribution in [3.63, 3.8) is 0 Å². The number of fused-ring (bicyclic) bond motifs is 1. The number of benzene rings is 1. The number of likely N-dealkylation sites (tertiary alicyclic amines) is 1. The Morgan fingerprint density at radius 2 is 2.03 bits per heavy atom. The number of hydrogen-bond donors (Lipinski definition) is 1. The van der Waals surface area contributed by atoms with E-state index in [2.05, 4.69) is 15.4 Å². The lowest BCUT2D eigenvalue weighted by Gasteiger charge is -2.40. The van der Waals surface area contributed by atoms with Gasteiger partial charge in [-0.25, -0.2) is 13.5 Å². The molecule has 174 valence electrons. The first kappa shape index (κ1) is 22.3. The molecule has 0 bridgehead atoms. The number of anilines is 1. The Labute approximate surface area is 185 Å². The van der Waals surface area contributed by atoms with Gasteiger partial charge in [0.1, 0.15) is 23.9 Å². The van der Waals surface area contributed by atoms with Crippen LogP contribution in [0.2, 0.25) is 0 Å². The van der Waals surface area contributed by atoms with Gasteiger partial charge in [-0.05, 0) is 43.7 Å². The standard InChI is InChI=1S/C22H29F2N5O3/c1-3-19(32-16-6-4-5-15(11-16)31-2)21(30)28-9-7-14(8-10-28)17-12-18(20(23)24)29-22(27-17)25-13-26-29/h4-6,11,13-14,17-20H,3,7-10,12H2,1-2H3,(H,25,26,27)/t17-,18+,19+/m0/s1. The Morgan fingerprint density at radius 3 is 2.72 bits per heavy atom. The van der Waals surface area contributed by atoms with Gasteiger partial charge in [0.25, 0.3) is 12.3 Å². The van der Waals surface area contributed by atoms with Crippen molar-refractivity contribution < 1.29 is 23.0 Å². The van der Waals surface area contributed by atoms with E-state index in [-0.39, 0.29) is 17.9 Å². The number of carbonyl (C=O) groups is 1. The maximum absolute atomic E-state index is 13.5. The van der Waals surface area contributed by atoms with Crippen LogP contribution in [0.1, 0.15) is 38.6 Å². The number of halogens is 2. The summed E-state index contributed by atoms with van der Waals surface area (Å²) in [4.78, 5) is 19.0. The number of carbonyl (C=O) groups excluding carboxylic acids is 1. The van der Waals surface area contributed by atoms with Crippen LogP contribution >= 0.6 is 0 Å². The molecular weight excluding hydrogens is 420 g/mol. The summed E-state index contributed by atoms with van der Waals surface area (Å²) in [5.74, 6) is 1.79. The van der Waals surface area contributed by atoms with E-state index in [1.54, 1.807) is 19.2 Å². The first-order valence-corrected chi connectivity index (χ1v) is 11.0. The van der Waals surface area contributed by atoms with Gasteiger partial charge in [-0.2, -0.15) is 10.1 Å². The average molecular weight is 450 g/mol. The molecule has 8 nitrogen and oxygen atoms in total. The van der Waals surface area contributed by atoms with Gasteiger partial charge in [0.2, 0.25) is 5.95 Å². The number of piperidine rings is 1. The molecule has 1 aromatic carbocycles. The number of ether oxygens (including phenoxy) is 2. The van der Waals surface area contributed by atoms with E-state index in [1.165, 1.54) is 11.0 Å². The first-order valence-electron chi connectivity index (χ1n) is 11.0. The van der Waals surface area contributed by atoms with E-state index in [0.717, 1.165) is 12.8 Å². The lowest BCUT2D eigenvalue weighted by atomic mass is 9.85. The molecule has 1 saturated heterocycles. The van der Waals surface area contributed by atoms with Gasteiger partial charge in [-0.15, -0.1) is 0 Å². The molecule has 0 spiro atoms. The zero-order valence-electron chi connectivity index (χ0n) is 18.3. The number of hydrogen-bond acceptors (Lipinski definition) is 6. The van der Waals surface area contributed by atoms with Crippen molar-refractivity contribution in [3.05, 3.63) is 30.6 Å². The third kappa shape index (κ3) is 4.63. The minimum atomic E-state index is -2.50. The molecule has 1 fully saturated rings. The number of nitrogens with one attached hydrogen (secondary N) is 1. The summed E-state index contributed by atoms with van der Waals surface area (Å²) in [6.45, 7) is 3.07. The summed E-state index contributed by atoms with van der Waals surface area (Å²) in [7, 11) is 1.58. The van der Waals surface area contributed by atoms with Gasteiger partial charge in [0.05, 0.1) is 7.11 Å². The van der Waals surface area contributed by atoms with E-state index in [9.17, 15) is 13.6 Å². The fraction of sp³-hybridized carbons (Fsp3) is 0.591. The fourth-order valence-electron chi connectivity index (χ4n) is 4.57. The predicted octanol–water partition coefficient (Wildman–Crippen LogP) is 3.37. The fourth-order valence-corrected chi connectivity index (χ4v) is 4.57. The second kappa shape index (κ2) is 9.70. The van der Waals surface area contributed by atoms with Crippen molar-refractivity contribution in [3.8, 4) is 11.5 Å². The molecule has 0 unspecified atom stereocenters. The van der Waals surface area contributed by atoms with Crippen molar-refractivity contribution >= 4 is 11.9 Å². The van der Waals surface area contributed by atoms with E-state index in [0.29, 0.717) is 43.4 Å². The van der Waals surface area contributed by atoms with Gasteiger partial charge in [0.15, 0.2) is 6.10 Å². The van der Waals surface area contributed by atoms with Crippen molar-refractivity contribution in [2.45, 2.75) is 57.2 Å². The normalized spacial score (nSPS) is 22.2. The molecule has 2 aliphatic rings.